The Hall–Kier alpha value is -2.16. The standard InChI is InChI=1S/C11H18N4O5/c1-4-14-10(9(15(18)19)7(2)13-14)12-8(11(16)17)5-6-20-3/h8,12H,4-6H2,1-3H3,(H,16,17). The van der Waals surface area contributed by atoms with E-state index < -0.39 is 16.9 Å². The SMILES string of the molecule is CCn1nc(C)c([N+](=O)[O-])c1NC(CCOC)C(=O)O. The molecule has 1 unspecified atom stereocenters. The van der Waals surface area contributed by atoms with Crippen LogP contribution in [0.2, 0.25) is 0 Å². The lowest BCUT2D eigenvalue weighted by Crippen LogP contribution is -2.31. The van der Waals surface area contributed by atoms with E-state index in [-0.39, 0.29) is 30.2 Å². The molecule has 9 heteroatoms. The molecule has 0 aliphatic carbocycles. The first kappa shape index (κ1) is 15.9. The molecule has 112 valence electrons. The molecule has 0 aliphatic rings. The summed E-state index contributed by atoms with van der Waals surface area (Å²) in [5.74, 6) is -0.989. The summed E-state index contributed by atoms with van der Waals surface area (Å²) in [5.41, 5.74) is 0.0470. The molecule has 0 aliphatic heterocycles. The third kappa shape index (κ3) is 3.44. The average molecular weight is 286 g/mol. The van der Waals surface area contributed by atoms with Crippen LogP contribution in [0.25, 0.3) is 0 Å². The molecule has 9 nitrogen and oxygen atoms in total. The van der Waals surface area contributed by atoms with E-state index in [1.54, 1.807) is 6.92 Å². The van der Waals surface area contributed by atoms with Gasteiger partial charge in [-0.1, -0.05) is 0 Å². The van der Waals surface area contributed by atoms with Crippen LogP contribution < -0.4 is 5.32 Å². The van der Waals surface area contributed by atoms with Crippen LogP contribution in [0.15, 0.2) is 0 Å². The van der Waals surface area contributed by atoms with Gasteiger partial charge in [-0.3, -0.25) is 10.1 Å². The molecule has 1 aromatic heterocycles. The van der Waals surface area contributed by atoms with Gasteiger partial charge in [0.25, 0.3) is 0 Å². The minimum absolute atomic E-state index is 0.110. The van der Waals surface area contributed by atoms with E-state index in [9.17, 15) is 14.9 Å². The van der Waals surface area contributed by atoms with Crippen LogP contribution >= 0.6 is 0 Å². The summed E-state index contributed by atoms with van der Waals surface area (Å²) in [6, 6.07) is -0.977. The second kappa shape index (κ2) is 6.85. The lowest BCUT2D eigenvalue weighted by atomic mass is 10.2. The third-order valence-corrected chi connectivity index (χ3v) is 2.80. The maximum atomic E-state index is 11.2. The molecule has 0 amide bonds. The molecular formula is C11H18N4O5. The molecular weight excluding hydrogens is 268 g/mol. The summed E-state index contributed by atoms with van der Waals surface area (Å²) in [6.07, 6.45) is 0.191. The molecule has 0 spiro atoms. The number of carboxylic acids is 1. The van der Waals surface area contributed by atoms with Crippen molar-refractivity contribution in [2.75, 3.05) is 19.0 Å². The Balaban J connectivity index is 3.10. The van der Waals surface area contributed by atoms with Crippen molar-refractivity contribution in [2.24, 2.45) is 0 Å². The highest BCUT2D eigenvalue weighted by molar-refractivity contribution is 5.78. The van der Waals surface area contributed by atoms with Crippen LogP contribution in [-0.2, 0) is 16.1 Å². The Bertz CT molecular complexity index is 499. The predicted octanol–water partition coefficient (Wildman–Crippen LogP) is 1.02. The number of carbonyl (C=O) groups is 1. The lowest BCUT2D eigenvalue weighted by molar-refractivity contribution is -0.384. The molecule has 0 bridgehead atoms. The molecule has 20 heavy (non-hydrogen) atoms. The summed E-state index contributed by atoms with van der Waals surface area (Å²) in [7, 11) is 1.46. The zero-order valence-corrected chi connectivity index (χ0v) is 11.6. The monoisotopic (exact) mass is 286 g/mol. The van der Waals surface area contributed by atoms with E-state index in [0.29, 0.717) is 6.54 Å². The van der Waals surface area contributed by atoms with Gasteiger partial charge in [-0.25, -0.2) is 9.48 Å². The van der Waals surface area contributed by atoms with Gasteiger partial charge in [0, 0.05) is 26.7 Å². The number of ether oxygens (including phenoxy) is 1. The fraction of sp³-hybridized carbons (Fsp3) is 0.636. The fourth-order valence-corrected chi connectivity index (χ4v) is 1.82. The van der Waals surface area contributed by atoms with Crippen LogP contribution in [-0.4, -0.2) is 45.5 Å². The third-order valence-electron chi connectivity index (χ3n) is 2.80. The first-order valence-electron chi connectivity index (χ1n) is 6.12. The Morgan fingerprint density at radius 3 is 2.75 bits per heavy atom. The highest BCUT2D eigenvalue weighted by Crippen LogP contribution is 2.29. The average Bonchev–Trinajstić information content (AvgIpc) is 2.70. The number of carboxylic acid groups (broad SMARTS) is 1. The minimum atomic E-state index is -1.10. The van der Waals surface area contributed by atoms with Gasteiger partial charge in [0.05, 0.1) is 4.92 Å². The number of rotatable bonds is 8. The Morgan fingerprint density at radius 2 is 2.30 bits per heavy atom. The Kier molecular flexibility index (Phi) is 5.44. The second-order valence-corrected chi connectivity index (χ2v) is 4.17. The van der Waals surface area contributed by atoms with Gasteiger partial charge in [-0.15, -0.1) is 0 Å². The van der Waals surface area contributed by atoms with Crippen LogP contribution in [0, 0.1) is 17.0 Å². The quantitative estimate of drug-likeness (QED) is 0.540. The number of nitro groups is 1. The number of aryl methyl sites for hydroxylation is 2. The molecule has 1 rings (SSSR count). The predicted molar refractivity (Wildman–Crippen MR) is 70.8 cm³/mol. The molecule has 0 radical (unpaired) electrons. The van der Waals surface area contributed by atoms with Crippen molar-refractivity contribution in [1.29, 1.82) is 0 Å². The topological polar surface area (TPSA) is 120 Å². The summed E-state index contributed by atoms with van der Waals surface area (Å²) < 4.78 is 6.23. The number of hydrogen-bond donors (Lipinski definition) is 2. The van der Waals surface area contributed by atoms with Crippen LogP contribution in [0.5, 0.6) is 0 Å². The lowest BCUT2D eigenvalue weighted by Gasteiger charge is -2.15. The van der Waals surface area contributed by atoms with Gasteiger partial charge >= 0.3 is 11.7 Å². The number of aromatic nitrogens is 2. The zero-order valence-electron chi connectivity index (χ0n) is 11.6. The highest BCUT2D eigenvalue weighted by atomic mass is 16.6. The van der Waals surface area contributed by atoms with E-state index in [0.717, 1.165) is 0 Å². The maximum Gasteiger partial charge on any atom is 0.333 e. The van der Waals surface area contributed by atoms with E-state index in [1.807, 2.05) is 0 Å². The van der Waals surface area contributed by atoms with Crippen LogP contribution in [0.3, 0.4) is 0 Å². The Morgan fingerprint density at radius 1 is 1.65 bits per heavy atom. The largest absolute Gasteiger partial charge is 0.480 e. The van der Waals surface area contributed by atoms with E-state index in [2.05, 4.69) is 10.4 Å². The van der Waals surface area contributed by atoms with E-state index >= 15 is 0 Å². The first-order chi connectivity index (χ1) is 9.42. The van der Waals surface area contributed by atoms with Crippen molar-refractivity contribution >= 4 is 17.5 Å². The number of aliphatic carboxylic acids is 1. The van der Waals surface area contributed by atoms with Crippen molar-refractivity contribution in [2.45, 2.75) is 32.9 Å². The van der Waals surface area contributed by atoms with Gasteiger partial charge < -0.3 is 15.2 Å². The normalized spacial score (nSPS) is 12.2. The summed E-state index contributed by atoms with van der Waals surface area (Å²) >= 11 is 0. The highest BCUT2D eigenvalue weighted by Gasteiger charge is 2.28. The first-order valence-corrected chi connectivity index (χ1v) is 6.12. The Labute approximate surface area is 115 Å². The molecule has 2 N–H and O–H groups in total. The number of anilines is 1. The van der Waals surface area contributed by atoms with E-state index in [4.69, 9.17) is 9.84 Å². The van der Waals surface area contributed by atoms with Gasteiger partial charge in [0.2, 0.25) is 5.82 Å². The van der Waals surface area contributed by atoms with Crippen molar-refractivity contribution in [3.8, 4) is 0 Å². The molecule has 1 atom stereocenters. The second-order valence-electron chi connectivity index (χ2n) is 4.17. The van der Waals surface area contributed by atoms with Gasteiger partial charge in [0.1, 0.15) is 11.7 Å². The molecule has 0 saturated carbocycles. The fourth-order valence-electron chi connectivity index (χ4n) is 1.82. The van der Waals surface area contributed by atoms with Crippen molar-refractivity contribution in [3.63, 3.8) is 0 Å². The maximum absolute atomic E-state index is 11.2. The number of nitrogens with one attached hydrogen (secondary N) is 1. The molecule has 0 aromatic carbocycles. The number of hydrogen-bond acceptors (Lipinski definition) is 6. The van der Waals surface area contributed by atoms with Gasteiger partial charge in [-0.2, -0.15) is 5.10 Å². The molecule has 1 heterocycles. The van der Waals surface area contributed by atoms with Crippen LogP contribution in [0.1, 0.15) is 19.0 Å². The molecule has 1 aromatic rings. The van der Waals surface area contributed by atoms with Crippen molar-refractivity contribution < 1.29 is 19.6 Å². The van der Waals surface area contributed by atoms with E-state index in [1.165, 1.54) is 18.7 Å². The summed E-state index contributed by atoms with van der Waals surface area (Å²) in [6.45, 7) is 3.91. The van der Waals surface area contributed by atoms with Crippen molar-refractivity contribution in [3.05, 3.63) is 15.8 Å². The van der Waals surface area contributed by atoms with Gasteiger partial charge in [-0.05, 0) is 13.8 Å². The van der Waals surface area contributed by atoms with Gasteiger partial charge in [0.15, 0.2) is 0 Å². The smallest absolute Gasteiger partial charge is 0.333 e. The summed E-state index contributed by atoms with van der Waals surface area (Å²) in [5, 5.41) is 26.9. The van der Waals surface area contributed by atoms with Crippen LogP contribution in [0.4, 0.5) is 11.5 Å². The van der Waals surface area contributed by atoms with Crippen molar-refractivity contribution in [1.82, 2.24) is 9.78 Å². The molecule has 0 saturated heterocycles. The molecule has 0 fully saturated rings. The number of methoxy groups -OCH3 is 1. The zero-order chi connectivity index (χ0) is 15.3. The summed E-state index contributed by atoms with van der Waals surface area (Å²) in [4.78, 5) is 21.7. The minimum Gasteiger partial charge on any atom is -0.480 e. The number of nitrogens with zero attached hydrogens (tertiary/aromatic N) is 3.